The van der Waals surface area contributed by atoms with Gasteiger partial charge in [0.1, 0.15) is 0 Å². The highest BCUT2D eigenvalue weighted by atomic mass is 16.2. The summed E-state index contributed by atoms with van der Waals surface area (Å²) in [5.74, 6) is 0.0483. The van der Waals surface area contributed by atoms with E-state index in [2.05, 4.69) is 5.32 Å². The Morgan fingerprint density at radius 2 is 1.94 bits per heavy atom. The number of rotatable bonds is 4. The van der Waals surface area contributed by atoms with Crippen molar-refractivity contribution in [3.63, 3.8) is 0 Å². The number of carbonyl (C=O) groups is 1. The predicted molar refractivity (Wildman–Crippen MR) is 62.4 cm³/mol. The number of nitrogens with zero attached hydrogens (tertiary/aromatic N) is 1. The summed E-state index contributed by atoms with van der Waals surface area (Å²) in [5, 5.41) is 11.3. The topological polar surface area (TPSA) is 78.9 Å². The molecule has 0 aromatic heterocycles. The largest absolute Gasteiger partial charge is 0.355 e. The summed E-state index contributed by atoms with van der Waals surface area (Å²) in [5.41, 5.74) is 5.42. The van der Waals surface area contributed by atoms with Crippen LogP contribution < -0.4 is 11.1 Å². The monoisotopic (exact) mass is 223 g/mol. The van der Waals surface area contributed by atoms with Crippen LogP contribution in [0, 0.1) is 16.7 Å². The Hall–Kier alpha value is -1.08. The number of nitrogens with one attached hydrogen (secondary N) is 1. The first-order valence-corrected chi connectivity index (χ1v) is 6.10. The Balaban J connectivity index is 2.55. The molecule has 0 aromatic rings. The highest BCUT2D eigenvalue weighted by molar-refractivity contribution is 5.82. The lowest BCUT2D eigenvalue weighted by Gasteiger charge is -2.29. The molecule has 1 aliphatic rings. The lowest BCUT2D eigenvalue weighted by Crippen LogP contribution is -2.46. The second-order valence-corrected chi connectivity index (χ2v) is 4.56. The minimum atomic E-state index is -0.369. The van der Waals surface area contributed by atoms with Crippen LogP contribution in [0.15, 0.2) is 0 Å². The molecule has 1 saturated carbocycles. The van der Waals surface area contributed by atoms with Crippen LogP contribution in [-0.2, 0) is 4.79 Å². The Morgan fingerprint density at radius 3 is 2.44 bits per heavy atom. The highest BCUT2D eigenvalue weighted by Gasteiger charge is 2.36. The van der Waals surface area contributed by atoms with E-state index >= 15 is 0 Å². The van der Waals surface area contributed by atoms with Crippen LogP contribution in [0.25, 0.3) is 0 Å². The molecule has 0 spiro atoms. The number of carbonyl (C=O) groups excluding carboxylic acids is 1. The van der Waals surface area contributed by atoms with Gasteiger partial charge in [0.05, 0.1) is 17.9 Å². The van der Waals surface area contributed by atoms with Gasteiger partial charge in [0.15, 0.2) is 0 Å². The molecule has 0 aromatic carbocycles. The third-order valence-electron chi connectivity index (χ3n) is 3.46. The van der Waals surface area contributed by atoms with E-state index in [1.165, 1.54) is 12.8 Å². The van der Waals surface area contributed by atoms with Crippen LogP contribution in [0.1, 0.15) is 44.9 Å². The first-order chi connectivity index (χ1) is 7.75. The molecule has 90 valence electrons. The van der Waals surface area contributed by atoms with Crippen molar-refractivity contribution in [3.05, 3.63) is 0 Å². The lowest BCUT2D eigenvalue weighted by atomic mass is 9.79. The molecule has 1 rings (SSSR count). The van der Waals surface area contributed by atoms with Gasteiger partial charge in [-0.2, -0.15) is 5.26 Å². The lowest BCUT2D eigenvalue weighted by molar-refractivity contribution is -0.131. The molecule has 1 fully saturated rings. The van der Waals surface area contributed by atoms with Crippen LogP contribution in [-0.4, -0.2) is 19.0 Å². The number of hydrogen-bond acceptors (Lipinski definition) is 3. The van der Waals surface area contributed by atoms with Crippen LogP contribution in [0.5, 0.6) is 0 Å². The van der Waals surface area contributed by atoms with Crippen molar-refractivity contribution in [2.45, 2.75) is 44.9 Å². The zero-order valence-electron chi connectivity index (χ0n) is 9.80. The maximum Gasteiger partial charge on any atom is 0.227 e. The molecule has 0 bridgehead atoms. The van der Waals surface area contributed by atoms with Crippen molar-refractivity contribution in [1.29, 1.82) is 5.26 Å². The Morgan fingerprint density at radius 1 is 1.31 bits per heavy atom. The standard InChI is InChI=1S/C12H21N3O/c13-8-5-9-15-11(16)12(10-14)6-3-1-2-4-7-12/h1-7,9-10,14H2,(H,15,16). The number of hydrogen-bond donors (Lipinski definition) is 2. The first-order valence-electron chi connectivity index (χ1n) is 6.10. The molecule has 0 heterocycles. The van der Waals surface area contributed by atoms with Gasteiger partial charge < -0.3 is 11.1 Å². The molecule has 0 atom stereocenters. The normalized spacial score (nSPS) is 19.5. The summed E-state index contributed by atoms with van der Waals surface area (Å²) < 4.78 is 0. The van der Waals surface area contributed by atoms with Crippen molar-refractivity contribution in [3.8, 4) is 6.07 Å². The van der Waals surface area contributed by atoms with E-state index in [1.54, 1.807) is 0 Å². The summed E-state index contributed by atoms with van der Waals surface area (Å²) in [6.07, 6.45) is 6.72. The fourth-order valence-electron chi connectivity index (χ4n) is 2.35. The fraction of sp³-hybridized carbons (Fsp3) is 0.833. The molecule has 0 unspecified atom stereocenters. The van der Waals surface area contributed by atoms with E-state index in [0.717, 1.165) is 25.7 Å². The van der Waals surface area contributed by atoms with E-state index in [1.807, 2.05) is 6.07 Å². The van der Waals surface area contributed by atoms with Gasteiger partial charge in [-0.15, -0.1) is 0 Å². The van der Waals surface area contributed by atoms with Crippen molar-refractivity contribution in [2.24, 2.45) is 11.1 Å². The maximum atomic E-state index is 12.1. The molecule has 16 heavy (non-hydrogen) atoms. The third kappa shape index (κ3) is 3.21. The zero-order chi connectivity index (χ0) is 11.9. The second-order valence-electron chi connectivity index (χ2n) is 4.56. The van der Waals surface area contributed by atoms with Gasteiger partial charge in [0.2, 0.25) is 5.91 Å². The van der Waals surface area contributed by atoms with E-state index in [9.17, 15) is 4.79 Å². The Labute approximate surface area is 97.2 Å². The van der Waals surface area contributed by atoms with Crippen LogP contribution in [0.2, 0.25) is 0 Å². The van der Waals surface area contributed by atoms with Gasteiger partial charge in [-0.3, -0.25) is 4.79 Å². The molecule has 0 aliphatic heterocycles. The molecular formula is C12H21N3O. The van der Waals surface area contributed by atoms with E-state index in [0.29, 0.717) is 19.5 Å². The van der Waals surface area contributed by atoms with Crippen molar-refractivity contribution in [1.82, 2.24) is 5.32 Å². The minimum Gasteiger partial charge on any atom is -0.355 e. The summed E-state index contributed by atoms with van der Waals surface area (Å²) in [4.78, 5) is 12.1. The van der Waals surface area contributed by atoms with Crippen LogP contribution >= 0.6 is 0 Å². The minimum absolute atomic E-state index is 0.0483. The molecular weight excluding hydrogens is 202 g/mol. The molecule has 1 amide bonds. The van der Waals surface area contributed by atoms with Crippen molar-refractivity contribution in [2.75, 3.05) is 13.1 Å². The average Bonchev–Trinajstić information content (AvgIpc) is 2.55. The SMILES string of the molecule is N#CCCNC(=O)C1(CN)CCCCCC1. The van der Waals surface area contributed by atoms with Crippen LogP contribution in [0.3, 0.4) is 0 Å². The van der Waals surface area contributed by atoms with Crippen molar-refractivity contribution >= 4 is 5.91 Å². The zero-order valence-corrected chi connectivity index (χ0v) is 9.80. The van der Waals surface area contributed by atoms with Crippen molar-refractivity contribution < 1.29 is 4.79 Å². The maximum absolute atomic E-state index is 12.1. The summed E-state index contributed by atoms with van der Waals surface area (Å²) in [6, 6.07) is 2.02. The number of nitriles is 1. The third-order valence-corrected chi connectivity index (χ3v) is 3.46. The molecule has 1 aliphatic carbocycles. The summed E-state index contributed by atoms with van der Waals surface area (Å²) >= 11 is 0. The van der Waals surface area contributed by atoms with E-state index in [-0.39, 0.29) is 11.3 Å². The Kier molecular flexibility index (Phi) is 5.27. The van der Waals surface area contributed by atoms with Gasteiger partial charge in [0.25, 0.3) is 0 Å². The van der Waals surface area contributed by atoms with Gasteiger partial charge in [0, 0.05) is 13.1 Å². The predicted octanol–water partition coefficient (Wildman–Crippen LogP) is 1.32. The summed E-state index contributed by atoms with van der Waals surface area (Å²) in [6.45, 7) is 0.864. The molecule has 4 heteroatoms. The first kappa shape index (κ1) is 13.0. The van der Waals surface area contributed by atoms with Gasteiger partial charge in [-0.1, -0.05) is 25.7 Å². The van der Waals surface area contributed by atoms with Crippen LogP contribution in [0.4, 0.5) is 0 Å². The molecule has 0 radical (unpaired) electrons. The highest BCUT2D eigenvalue weighted by Crippen LogP contribution is 2.34. The van der Waals surface area contributed by atoms with E-state index < -0.39 is 0 Å². The average molecular weight is 223 g/mol. The fourth-order valence-corrected chi connectivity index (χ4v) is 2.35. The Bertz CT molecular complexity index is 262. The second kappa shape index (κ2) is 6.49. The quantitative estimate of drug-likeness (QED) is 0.557. The number of nitrogens with two attached hydrogens (primary N) is 1. The summed E-state index contributed by atoms with van der Waals surface area (Å²) in [7, 11) is 0. The van der Waals surface area contributed by atoms with Gasteiger partial charge in [-0.25, -0.2) is 0 Å². The van der Waals surface area contributed by atoms with Gasteiger partial charge >= 0.3 is 0 Å². The van der Waals surface area contributed by atoms with Gasteiger partial charge in [-0.05, 0) is 12.8 Å². The smallest absolute Gasteiger partial charge is 0.227 e. The molecule has 0 saturated heterocycles. The molecule has 3 N–H and O–H groups in total. The molecule has 4 nitrogen and oxygen atoms in total. The number of amides is 1. The van der Waals surface area contributed by atoms with E-state index in [4.69, 9.17) is 11.0 Å².